The van der Waals surface area contributed by atoms with Gasteiger partial charge in [-0.15, -0.1) is 0 Å². The fourth-order valence-corrected chi connectivity index (χ4v) is 4.74. The number of nitrogens with two attached hydrogens (primary N) is 1. The first kappa shape index (κ1) is 17.8. The highest BCUT2D eigenvalue weighted by Gasteiger charge is 2.38. The monoisotopic (exact) mass is 386 g/mol. The van der Waals surface area contributed by atoms with E-state index in [-0.39, 0.29) is 11.2 Å². The molecule has 7 heteroatoms. The van der Waals surface area contributed by atoms with Gasteiger partial charge in [0.05, 0.1) is 6.26 Å². The summed E-state index contributed by atoms with van der Waals surface area (Å²) in [4.78, 5) is 13.5. The lowest BCUT2D eigenvalue weighted by Crippen LogP contribution is -2.40. The molecule has 0 atom stereocenters. The molecule has 1 saturated heterocycles. The Hall–Kier alpha value is -3.24. The Morgan fingerprint density at radius 1 is 1.17 bits per heavy atom. The summed E-state index contributed by atoms with van der Waals surface area (Å²) >= 11 is 0. The molecule has 0 bridgehead atoms. The standard InChI is InChI=1S/C22H22N6O/c23-11-16-19(14-12-26-21(27-13-14)18-2-1-9-29-18)15-10-22(5-7-25-8-6-22)4-3-17(15)28-20(16)24/h1-2,9,12-13,25H,3-8,10H2,(H2,24,28). The largest absolute Gasteiger partial charge is 0.461 e. The molecule has 4 heterocycles. The van der Waals surface area contributed by atoms with Crippen LogP contribution in [0.4, 0.5) is 5.82 Å². The lowest BCUT2D eigenvalue weighted by molar-refractivity contribution is 0.173. The van der Waals surface area contributed by atoms with Crippen LogP contribution in [0.5, 0.6) is 0 Å². The van der Waals surface area contributed by atoms with Crippen molar-refractivity contribution < 1.29 is 4.42 Å². The van der Waals surface area contributed by atoms with Crippen LogP contribution in [0, 0.1) is 16.7 Å². The van der Waals surface area contributed by atoms with Crippen molar-refractivity contribution in [2.45, 2.75) is 32.1 Å². The van der Waals surface area contributed by atoms with Crippen LogP contribution in [0.2, 0.25) is 0 Å². The molecule has 1 aliphatic carbocycles. The molecule has 0 unspecified atom stereocenters. The number of anilines is 1. The van der Waals surface area contributed by atoms with Crippen molar-refractivity contribution in [3.05, 3.63) is 47.6 Å². The Kier molecular flexibility index (Phi) is 4.29. The fraction of sp³-hybridized carbons (Fsp3) is 0.364. The van der Waals surface area contributed by atoms with Gasteiger partial charge in [0, 0.05) is 29.2 Å². The molecule has 0 radical (unpaired) electrons. The number of nitrogen functional groups attached to an aromatic ring is 1. The van der Waals surface area contributed by atoms with E-state index >= 15 is 0 Å². The predicted molar refractivity (Wildman–Crippen MR) is 109 cm³/mol. The van der Waals surface area contributed by atoms with Crippen LogP contribution in [0.1, 0.15) is 36.1 Å². The van der Waals surface area contributed by atoms with E-state index in [9.17, 15) is 5.26 Å². The molecule has 3 aromatic rings. The van der Waals surface area contributed by atoms with E-state index < -0.39 is 0 Å². The number of nitriles is 1. The summed E-state index contributed by atoms with van der Waals surface area (Å²) in [5.41, 5.74) is 10.7. The van der Waals surface area contributed by atoms with E-state index in [1.807, 2.05) is 6.07 Å². The zero-order chi connectivity index (χ0) is 19.8. The summed E-state index contributed by atoms with van der Waals surface area (Å²) in [6, 6.07) is 5.90. The molecule has 0 saturated carbocycles. The maximum atomic E-state index is 9.83. The van der Waals surface area contributed by atoms with Crippen LogP contribution in [0.25, 0.3) is 22.7 Å². The van der Waals surface area contributed by atoms with Crippen molar-refractivity contribution in [2.75, 3.05) is 18.8 Å². The maximum absolute atomic E-state index is 9.83. The Labute approximate surface area is 169 Å². The number of piperidine rings is 1. The first-order valence-corrected chi connectivity index (χ1v) is 9.97. The van der Waals surface area contributed by atoms with Crippen LogP contribution in [0.3, 0.4) is 0 Å². The smallest absolute Gasteiger partial charge is 0.195 e. The average molecular weight is 386 g/mol. The Bertz CT molecular complexity index is 1080. The number of nitrogens with zero attached hydrogens (tertiary/aromatic N) is 4. The molecule has 29 heavy (non-hydrogen) atoms. The number of hydrogen-bond donors (Lipinski definition) is 2. The summed E-state index contributed by atoms with van der Waals surface area (Å²) < 4.78 is 5.38. The quantitative estimate of drug-likeness (QED) is 0.695. The maximum Gasteiger partial charge on any atom is 0.195 e. The lowest BCUT2D eigenvalue weighted by Gasteiger charge is -2.42. The van der Waals surface area contributed by atoms with Gasteiger partial charge in [-0.05, 0) is 68.3 Å². The zero-order valence-corrected chi connectivity index (χ0v) is 16.1. The molecule has 1 aliphatic heterocycles. The molecule has 0 aromatic carbocycles. The van der Waals surface area contributed by atoms with Crippen LogP contribution in [0.15, 0.2) is 35.2 Å². The minimum absolute atomic E-state index is 0.270. The third-order valence-electron chi connectivity index (χ3n) is 6.31. The minimum Gasteiger partial charge on any atom is -0.461 e. The second-order valence-electron chi connectivity index (χ2n) is 7.98. The van der Waals surface area contributed by atoms with Crippen molar-refractivity contribution >= 4 is 5.82 Å². The number of rotatable bonds is 2. The third-order valence-corrected chi connectivity index (χ3v) is 6.31. The molecule has 2 aliphatic rings. The first-order chi connectivity index (χ1) is 14.2. The summed E-state index contributed by atoms with van der Waals surface area (Å²) in [5.74, 6) is 1.42. The topological polar surface area (TPSA) is 114 Å². The molecular formula is C22H22N6O. The highest BCUT2D eigenvalue weighted by molar-refractivity contribution is 5.79. The third kappa shape index (κ3) is 3.06. The van der Waals surface area contributed by atoms with E-state index in [0.717, 1.165) is 67.6 Å². The number of nitrogens with one attached hydrogen (secondary N) is 1. The van der Waals surface area contributed by atoms with Gasteiger partial charge in [0.25, 0.3) is 0 Å². The van der Waals surface area contributed by atoms with Gasteiger partial charge in [0.1, 0.15) is 17.5 Å². The molecule has 7 nitrogen and oxygen atoms in total. The van der Waals surface area contributed by atoms with Gasteiger partial charge in [-0.1, -0.05) is 0 Å². The van der Waals surface area contributed by atoms with Crippen molar-refractivity contribution in [2.24, 2.45) is 5.41 Å². The second kappa shape index (κ2) is 6.98. The normalized spacial score (nSPS) is 17.6. The van der Waals surface area contributed by atoms with E-state index in [1.165, 1.54) is 0 Å². The summed E-state index contributed by atoms with van der Waals surface area (Å²) in [7, 11) is 0. The molecule has 0 amide bonds. The molecule has 3 N–H and O–H groups in total. The van der Waals surface area contributed by atoms with Crippen molar-refractivity contribution in [1.29, 1.82) is 5.26 Å². The zero-order valence-electron chi connectivity index (χ0n) is 16.1. The van der Waals surface area contributed by atoms with Gasteiger partial charge in [0.2, 0.25) is 0 Å². The van der Waals surface area contributed by atoms with Crippen LogP contribution in [-0.4, -0.2) is 28.0 Å². The lowest BCUT2D eigenvalue weighted by atomic mass is 9.66. The van der Waals surface area contributed by atoms with Crippen molar-refractivity contribution in [3.8, 4) is 28.8 Å². The Balaban J connectivity index is 1.62. The predicted octanol–water partition coefficient (Wildman–Crippen LogP) is 3.11. The van der Waals surface area contributed by atoms with Crippen LogP contribution in [-0.2, 0) is 12.8 Å². The number of hydrogen-bond acceptors (Lipinski definition) is 7. The first-order valence-electron chi connectivity index (χ1n) is 9.97. The number of pyridine rings is 1. The fourth-order valence-electron chi connectivity index (χ4n) is 4.74. The van der Waals surface area contributed by atoms with Crippen molar-refractivity contribution in [3.63, 3.8) is 0 Å². The van der Waals surface area contributed by atoms with Gasteiger partial charge in [-0.3, -0.25) is 0 Å². The Morgan fingerprint density at radius 2 is 1.97 bits per heavy atom. The Morgan fingerprint density at radius 3 is 2.66 bits per heavy atom. The minimum atomic E-state index is 0.270. The molecule has 3 aromatic heterocycles. The summed E-state index contributed by atoms with van der Waals surface area (Å²) in [6.07, 6.45) is 10.3. The van der Waals surface area contributed by atoms with Gasteiger partial charge in [0.15, 0.2) is 11.6 Å². The summed E-state index contributed by atoms with van der Waals surface area (Å²) in [6.45, 7) is 2.08. The number of aryl methyl sites for hydroxylation is 1. The van der Waals surface area contributed by atoms with E-state index in [2.05, 4.69) is 26.3 Å². The highest BCUT2D eigenvalue weighted by atomic mass is 16.3. The summed E-state index contributed by atoms with van der Waals surface area (Å²) in [5, 5.41) is 13.3. The molecule has 5 rings (SSSR count). The van der Waals surface area contributed by atoms with Crippen molar-refractivity contribution in [1.82, 2.24) is 20.3 Å². The molecule has 1 fully saturated rings. The van der Waals surface area contributed by atoms with Crippen LogP contribution < -0.4 is 11.1 Å². The van der Waals surface area contributed by atoms with Gasteiger partial charge in [-0.2, -0.15) is 5.26 Å². The molecular weight excluding hydrogens is 364 g/mol. The molecule has 1 spiro atoms. The van der Waals surface area contributed by atoms with Gasteiger partial charge >= 0.3 is 0 Å². The number of fused-ring (bicyclic) bond motifs is 1. The molecule has 146 valence electrons. The number of aromatic nitrogens is 3. The average Bonchev–Trinajstić information content (AvgIpc) is 3.29. The van der Waals surface area contributed by atoms with E-state index in [1.54, 1.807) is 24.7 Å². The van der Waals surface area contributed by atoms with Gasteiger partial charge in [-0.25, -0.2) is 15.0 Å². The van der Waals surface area contributed by atoms with E-state index in [0.29, 0.717) is 17.1 Å². The van der Waals surface area contributed by atoms with Crippen LogP contribution >= 0.6 is 0 Å². The SMILES string of the molecule is N#Cc1c(N)nc2c(c1-c1cnc(-c3ccco3)nc1)CC1(CCNCC1)CC2. The highest BCUT2D eigenvalue weighted by Crippen LogP contribution is 2.45. The van der Waals surface area contributed by atoms with Gasteiger partial charge < -0.3 is 15.5 Å². The number of furan rings is 1. The second-order valence-corrected chi connectivity index (χ2v) is 7.98. The van der Waals surface area contributed by atoms with E-state index in [4.69, 9.17) is 10.2 Å².